The normalized spacial score (nSPS) is 13.5. The molecular weight excluding hydrogens is 492 g/mol. The Hall–Kier alpha value is -4.24. The van der Waals surface area contributed by atoms with Gasteiger partial charge in [-0.1, -0.05) is 45.0 Å². The van der Waals surface area contributed by atoms with Gasteiger partial charge >= 0.3 is 0 Å². The zero-order valence-electron chi connectivity index (χ0n) is 23.0. The molecule has 0 aliphatic carbocycles. The van der Waals surface area contributed by atoms with E-state index in [1.54, 1.807) is 35.2 Å². The molecule has 9 nitrogen and oxygen atoms in total. The van der Waals surface area contributed by atoms with E-state index in [4.69, 9.17) is 0 Å². The first-order valence-electron chi connectivity index (χ1n) is 13.2. The molecular formula is C30H34N6O3. The maximum atomic E-state index is 13.6. The summed E-state index contributed by atoms with van der Waals surface area (Å²) >= 11 is 0. The molecule has 2 aromatic heterocycles. The molecule has 0 saturated carbocycles. The zero-order chi connectivity index (χ0) is 27.9. The third kappa shape index (κ3) is 4.97. The highest BCUT2D eigenvalue weighted by molar-refractivity contribution is 6.09. The highest BCUT2D eigenvalue weighted by atomic mass is 16.3. The average Bonchev–Trinajstić information content (AvgIpc) is 3.38. The fraction of sp³-hybridized carbons (Fsp3) is 0.333. The van der Waals surface area contributed by atoms with E-state index >= 15 is 0 Å². The Bertz CT molecular complexity index is 1610. The molecule has 0 radical (unpaired) electrons. The third-order valence-corrected chi connectivity index (χ3v) is 7.22. The second kappa shape index (κ2) is 10.1. The van der Waals surface area contributed by atoms with Gasteiger partial charge in [0.2, 0.25) is 0 Å². The summed E-state index contributed by atoms with van der Waals surface area (Å²) in [5.41, 5.74) is 5.68. The Morgan fingerprint density at radius 3 is 2.56 bits per heavy atom. The summed E-state index contributed by atoms with van der Waals surface area (Å²) in [6, 6.07) is 11.6. The van der Waals surface area contributed by atoms with Crippen LogP contribution in [0.3, 0.4) is 0 Å². The largest absolute Gasteiger partial charge is 0.392 e. The summed E-state index contributed by atoms with van der Waals surface area (Å²) in [7, 11) is 1.66. The van der Waals surface area contributed by atoms with Gasteiger partial charge in [-0.15, -0.1) is 0 Å². The lowest BCUT2D eigenvalue weighted by Gasteiger charge is -2.32. The lowest BCUT2D eigenvalue weighted by Crippen LogP contribution is -2.38. The van der Waals surface area contributed by atoms with Gasteiger partial charge in [0.1, 0.15) is 0 Å². The number of aromatic nitrogens is 4. The third-order valence-electron chi connectivity index (χ3n) is 7.22. The summed E-state index contributed by atoms with van der Waals surface area (Å²) in [4.78, 5) is 32.8. The summed E-state index contributed by atoms with van der Waals surface area (Å²) in [5.74, 6) is 0.0600. The molecule has 0 unspecified atom stereocenters. The smallest absolute Gasteiger partial charge is 0.293 e. The molecule has 4 aromatic rings. The van der Waals surface area contributed by atoms with E-state index in [1.165, 1.54) is 10.1 Å². The molecule has 0 bridgehead atoms. The first-order valence-corrected chi connectivity index (χ1v) is 13.2. The van der Waals surface area contributed by atoms with Crippen molar-refractivity contribution in [2.24, 2.45) is 7.05 Å². The van der Waals surface area contributed by atoms with Crippen molar-refractivity contribution in [2.45, 2.75) is 52.7 Å². The number of carbonyl (C=O) groups excluding carboxylic acids is 1. The number of amides is 1. The van der Waals surface area contributed by atoms with Gasteiger partial charge in [0.15, 0.2) is 5.82 Å². The predicted molar refractivity (Wildman–Crippen MR) is 153 cm³/mol. The molecule has 3 heterocycles. The Morgan fingerprint density at radius 1 is 1.08 bits per heavy atom. The van der Waals surface area contributed by atoms with Crippen LogP contribution in [-0.2, 0) is 32.0 Å². The maximum Gasteiger partial charge on any atom is 0.293 e. The van der Waals surface area contributed by atoms with Gasteiger partial charge in [0.25, 0.3) is 11.5 Å². The summed E-state index contributed by atoms with van der Waals surface area (Å²) in [6.07, 6.45) is 5.80. The highest BCUT2D eigenvalue weighted by Crippen LogP contribution is 2.35. The number of fused-ring (bicyclic) bond motifs is 1. The number of benzene rings is 2. The molecule has 0 spiro atoms. The minimum Gasteiger partial charge on any atom is -0.392 e. The van der Waals surface area contributed by atoms with Gasteiger partial charge in [-0.25, -0.2) is 4.98 Å². The predicted octanol–water partition coefficient (Wildman–Crippen LogP) is 4.40. The molecule has 0 fully saturated rings. The Labute approximate surface area is 227 Å². The number of aliphatic hydroxyl groups is 1. The van der Waals surface area contributed by atoms with Crippen LogP contribution in [0.4, 0.5) is 17.2 Å². The van der Waals surface area contributed by atoms with Crippen LogP contribution >= 0.6 is 0 Å². The zero-order valence-corrected chi connectivity index (χ0v) is 23.0. The van der Waals surface area contributed by atoms with Crippen molar-refractivity contribution in [1.82, 2.24) is 19.3 Å². The highest BCUT2D eigenvalue weighted by Gasteiger charge is 2.29. The van der Waals surface area contributed by atoms with Crippen LogP contribution < -0.4 is 15.8 Å². The molecule has 2 aromatic carbocycles. The van der Waals surface area contributed by atoms with E-state index < -0.39 is 0 Å². The minimum absolute atomic E-state index is 0.000572. The van der Waals surface area contributed by atoms with Crippen molar-refractivity contribution in [3.63, 3.8) is 0 Å². The number of hydrogen-bond donors (Lipinski definition) is 2. The number of nitrogens with zero attached hydrogens (tertiary/aromatic N) is 5. The number of rotatable bonds is 6. The number of anilines is 3. The van der Waals surface area contributed by atoms with Crippen LogP contribution in [0.2, 0.25) is 0 Å². The van der Waals surface area contributed by atoms with Gasteiger partial charge in [0, 0.05) is 49.2 Å². The van der Waals surface area contributed by atoms with Crippen LogP contribution in [0.25, 0.3) is 11.3 Å². The molecule has 5 rings (SSSR count). The monoisotopic (exact) mass is 526 g/mol. The second-order valence-electron chi connectivity index (χ2n) is 10.9. The van der Waals surface area contributed by atoms with Crippen LogP contribution in [0, 0.1) is 0 Å². The quantitative estimate of drug-likeness (QED) is 0.386. The van der Waals surface area contributed by atoms with E-state index in [0.717, 1.165) is 12.0 Å². The summed E-state index contributed by atoms with van der Waals surface area (Å²) in [6.45, 7) is 9.39. The molecule has 1 aliphatic rings. The topological polar surface area (TPSA) is 105 Å². The minimum atomic E-state index is -0.290. The number of hydrogen-bond acceptors (Lipinski definition) is 6. The van der Waals surface area contributed by atoms with Crippen molar-refractivity contribution in [3.05, 3.63) is 87.6 Å². The van der Waals surface area contributed by atoms with E-state index in [-0.39, 0.29) is 29.3 Å². The Morgan fingerprint density at radius 2 is 1.87 bits per heavy atom. The van der Waals surface area contributed by atoms with Gasteiger partial charge in [-0.05, 0) is 42.0 Å². The van der Waals surface area contributed by atoms with Gasteiger partial charge in [-0.2, -0.15) is 5.10 Å². The standard InChI is InChI=1S/C30H34N6O3/c1-6-35-16-21(15-31-35)32-27-29(39)34(5)17-25(33-27)23-8-7-9-26(24(23)18-37)36-13-12-19-14-20(30(2,3)4)10-11-22(19)28(36)38/h7-11,14-17,37H,6,12-13,18H2,1-5H3,(H,32,33). The van der Waals surface area contributed by atoms with Gasteiger partial charge < -0.3 is 19.9 Å². The molecule has 0 atom stereocenters. The Balaban J connectivity index is 1.53. The van der Waals surface area contributed by atoms with Crippen molar-refractivity contribution in [1.29, 1.82) is 0 Å². The number of carbonyl (C=O) groups is 1. The first-order chi connectivity index (χ1) is 18.6. The van der Waals surface area contributed by atoms with Crippen LogP contribution in [0.15, 0.2) is 59.8 Å². The van der Waals surface area contributed by atoms with Crippen molar-refractivity contribution in [2.75, 3.05) is 16.8 Å². The second-order valence-corrected chi connectivity index (χ2v) is 10.9. The number of nitrogens with one attached hydrogen (secondary N) is 1. The summed E-state index contributed by atoms with van der Waals surface area (Å²) in [5, 5.41) is 17.8. The fourth-order valence-electron chi connectivity index (χ4n) is 4.97. The van der Waals surface area contributed by atoms with Gasteiger partial charge in [-0.3, -0.25) is 14.3 Å². The summed E-state index contributed by atoms with van der Waals surface area (Å²) < 4.78 is 3.21. The van der Waals surface area contributed by atoms with E-state index in [1.807, 2.05) is 37.3 Å². The van der Waals surface area contributed by atoms with Crippen molar-refractivity contribution >= 4 is 23.1 Å². The van der Waals surface area contributed by atoms with Gasteiger partial charge in [0.05, 0.1) is 29.9 Å². The average molecular weight is 527 g/mol. The van der Waals surface area contributed by atoms with Crippen LogP contribution in [0.5, 0.6) is 0 Å². The number of aliphatic hydroxyl groups excluding tert-OH is 1. The molecule has 9 heteroatoms. The first kappa shape index (κ1) is 26.4. The van der Waals surface area contributed by atoms with E-state index in [0.29, 0.717) is 46.8 Å². The lowest BCUT2D eigenvalue weighted by atomic mass is 9.84. The molecule has 1 amide bonds. The van der Waals surface area contributed by atoms with Crippen molar-refractivity contribution in [3.8, 4) is 11.3 Å². The fourth-order valence-corrected chi connectivity index (χ4v) is 4.97. The lowest BCUT2D eigenvalue weighted by molar-refractivity contribution is 0.0980. The van der Waals surface area contributed by atoms with E-state index in [9.17, 15) is 14.7 Å². The SMILES string of the molecule is CCn1cc(Nc2nc(-c3cccc(N4CCc5cc(C(C)(C)C)ccc5C4=O)c3CO)cn(C)c2=O)cn1. The molecule has 39 heavy (non-hydrogen) atoms. The van der Waals surface area contributed by atoms with Crippen molar-refractivity contribution < 1.29 is 9.90 Å². The maximum absolute atomic E-state index is 13.6. The van der Waals surface area contributed by atoms with Crippen LogP contribution in [-0.4, -0.2) is 36.9 Å². The Kier molecular flexibility index (Phi) is 6.86. The van der Waals surface area contributed by atoms with Crippen LogP contribution in [0.1, 0.15) is 54.7 Å². The number of aryl methyl sites for hydroxylation is 2. The molecule has 1 aliphatic heterocycles. The van der Waals surface area contributed by atoms with E-state index in [2.05, 4.69) is 42.2 Å². The molecule has 0 saturated heterocycles. The molecule has 2 N–H and O–H groups in total. The molecule has 202 valence electrons.